The molecule has 1 fully saturated rings. The van der Waals surface area contributed by atoms with Gasteiger partial charge in [-0.15, -0.1) is 0 Å². The number of carbonyl (C=O) groups excluding carboxylic acids is 1. The summed E-state index contributed by atoms with van der Waals surface area (Å²) in [6.07, 6.45) is 2.42. The van der Waals surface area contributed by atoms with Crippen molar-refractivity contribution in [1.82, 2.24) is 5.32 Å². The fourth-order valence-electron chi connectivity index (χ4n) is 2.00. The standard InChI is InChI=1S/C10H20N2O/c1-6-4-5-9(7(6)2)12-8(3)10(11)13/h6-9,12H,4-5H2,1-3H3,(H2,11,13). The Morgan fingerprint density at radius 3 is 2.46 bits per heavy atom. The van der Waals surface area contributed by atoms with Gasteiger partial charge in [0.2, 0.25) is 5.91 Å². The van der Waals surface area contributed by atoms with E-state index in [1.807, 2.05) is 6.92 Å². The number of carbonyl (C=O) groups is 1. The van der Waals surface area contributed by atoms with E-state index >= 15 is 0 Å². The molecule has 1 saturated carbocycles. The summed E-state index contributed by atoms with van der Waals surface area (Å²) in [6.45, 7) is 6.34. The Bertz CT molecular complexity index is 193. The molecule has 0 radical (unpaired) electrons. The summed E-state index contributed by atoms with van der Waals surface area (Å²) in [4.78, 5) is 10.8. The molecule has 3 nitrogen and oxygen atoms in total. The maximum Gasteiger partial charge on any atom is 0.234 e. The van der Waals surface area contributed by atoms with Crippen LogP contribution < -0.4 is 11.1 Å². The molecule has 0 aliphatic heterocycles. The Kier molecular flexibility index (Phi) is 3.31. The Labute approximate surface area is 80.1 Å². The van der Waals surface area contributed by atoms with Crippen LogP contribution in [-0.2, 0) is 4.79 Å². The third-order valence-electron chi connectivity index (χ3n) is 3.36. The van der Waals surface area contributed by atoms with E-state index in [0.717, 1.165) is 5.92 Å². The van der Waals surface area contributed by atoms with Crippen molar-refractivity contribution in [2.75, 3.05) is 0 Å². The summed E-state index contributed by atoms with van der Waals surface area (Å²) in [5.41, 5.74) is 5.19. The maximum atomic E-state index is 10.8. The van der Waals surface area contributed by atoms with Crippen molar-refractivity contribution in [3.63, 3.8) is 0 Å². The average Bonchev–Trinajstić information content (AvgIpc) is 2.36. The largest absolute Gasteiger partial charge is 0.368 e. The molecule has 3 N–H and O–H groups in total. The quantitative estimate of drug-likeness (QED) is 0.684. The molecule has 0 bridgehead atoms. The lowest BCUT2D eigenvalue weighted by Crippen LogP contribution is -2.45. The summed E-state index contributed by atoms with van der Waals surface area (Å²) in [5.74, 6) is 1.16. The number of nitrogens with one attached hydrogen (secondary N) is 1. The van der Waals surface area contributed by atoms with Crippen LogP contribution in [-0.4, -0.2) is 18.0 Å². The van der Waals surface area contributed by atoms with Crippen molar-refractivity contribution in [2.45, 2.75) is 45.7 Å². The molecule has 13 heavy (non-hydrogen) atoms. The van der Waals surface area contributed by atoms with Crippen LogP contribution in [0.25, 0.3) is 0 Å². The van der Waals surface area contributed by atoms with Gasteiger partial charge in [-0.25, -0.2) is 0 Å². The maximum absolute atomic E-state index is 10.8. The first kappa shape index (κ1) is 10.5. The molecular weight excluding hydrogens is 164 g/mol. The molecule has 76 valence electrons. The van der Waals surface area contributed by atoms with Gasteiger partial charge in [0.15, 0.2) is 0 Å². The molecule has 3 heteroatoms. The minimum atomic E-state index is -0.258. The summed E-state index contributed by atoms with van der Waals surface area (Å²) in [7, 11) is 0. The highest BCUT2D eigenvalue weighted by atomic mass is 16.1. The van der Waals surface area contributed by atoms with Crippen molar-refractivity contribution in [3.8, 4) is 0 Å². The van der Waals surface area contributed by atoms with Gasteiger partial charge >= 0.3 is 0 Å². The molecule has 1 aliphatic carbocycles. The van der Waals surface area contributed by atoms with Gasteiger partial charge in [0.05, 0.1) is 6.04 Å². The van der Waals surface area contributed by atoms with Crippen LogP contribution in [0.4, 0.5) is 0 Å². The Morgan fingerprint density at radius 2 is 2.08 bits per heavy atom. The van der Waals surface area contributed by atoms with Gasteiger partial charge < -0.3 is 11.1 Å². The van der Waals surface area contributed by atoms with E-state index in [9.17, 15) is 4.79 Å². The van der Waals surface area contributed by atoms with E-state index < -0.39 is 0 Å². The second-order valence-corrected chi connectivity index (χ2v) is 4.31. The third kappa shape index (κ3) is 2.44. The molecule has 0 aromatic rings. The first-order valence-electron chi connectivity index (χ1n) is 5.07. The van der Waals surface area contributed by atoms with E-state index in [-0.39, 0.29) is 11.9 Å². The van der Waals surface area contributed by atoms with Crippen LogP contribution in [0.5, 0.6) is 0 Å². The predicted molar refractivity (Wildman–Crippen MR) is 53.1 cm³/mol. The van der Waals surface area contributed by atoms with E-state index in [1.54, 1.807) is 0 Å². The fraction of sp³-hybridized carbons (Fsp3) is 0.900. The topological polar surface area (TPSA) is 55.1 Å². The molecular formula is C10H20N2O. The van der Waals surface area contributed by atoms with Crippen LogP contribution in [0, 0.1) is 11.8 Å². The molecule has 1 amide bonds. The van der Waals surface area contributed by atoms with E-state index in [0.29, 0.717) is 12.0 Å². The molecule has 0 aromatic carbocycles. The molecule has 0 spiro atoms. The number of primary amides is 1. The zero-order valence-electron chi connectivity index (χ0n) is 8.71. The highest BCUT2D eigenvalue weighted by Gasteiger charge is 2.30. The Balaban J connectivity index is 2.42. The van der Waals surface area contributed by atoms with Gasteiger partial charge in [-0.1, -0.05) is 13.8 Å². The molecule has 0 heterocycles. The van der Waals surface area contributed by atoms with Gasteiger partial charge in [-0.05, 0) is 31.6 Å². The van der Waals surface area contributed by atoms with E-state index in [4.69, 9.17) is 5.73 Å². The second kappa shape index (κ2) is 4.09. The van der Waals surface area contributed by atoms with Crippen molar-refractivity contribution in [2.24, 2.45) is 17.6 Å². The summed E-state index contributed by atoms with van der Waals surface area (Å²) in [6, 6.07) is 0.273. The van der Waals surface area contributed by atoms with Crippen LogP contribution >= 0.6 is 0 Å². The Hall–Kier alpha value is -0.570. The summed E-state index contributed by atoms with van der Waals surface area (Å²) >= 11 is 0. The van der Waals surface area contributed by atoms with Crippen molar-refractivity contribution in [3.05, 3.63) is 0 Å². The second-order valence-electron chi connectivity index (χ2n) is 4.31. The molecule has 4 unspecified atom stereocenters. The van der Waals surface area contributed by atoms with E-state index in [2.05, 4.69) is 19.2 Å². The summed E-state index contributed by atoms with van der Waals surface area (Å²) in [5, 5.41) is 3.28. The van der Waals surface area contributed by atoms with Crippen molar-refractivity contribution < 1.29 is 4.79 Å². The zero-order valence-corrected chi connectivity index (χ0v) is 8.71. The lowest BCUT2D eigenvalue weighted by Gasteiger charge is -2.22. The highest BCUT2D eigenvalue weighted by molar-refractivity contribution is 5.79. The molecule has 0 aromatic heterocycles. The first-order chi connectivity index (χ1) is 6.02. The van der Waals surface area contributed by atoms with Crippen LogP contribution in [0.3, 0.4) is 0 Å². The number of hydrogen-bond acceptors (Lipinski definition) is 2. The zero-order chi connectivity index (χ0) is 10.0. The van der Waals surface area contributed by atoms with Gasteiger partial charge in [0.1, 0.15) is 0 Å². The highest BCUT2D eigenvalue weighted by Crippen LogP contribution is 2.31. The normalized spacial score (nSPS) is 36.1. The minimum absolute atomic E-state index is 0.197. The van der Waals surface area contributed by atoms with E-state index in [1.165, 1.54) is 12.8 Å². The first-order valence-corrected chi connectivity index (χ1v) is 5.07. The molecule has 0 saturated heterocycles. The molecule has 1 aliphatic rings. The van der Waals surface area contributed by atoms with Crippen molar-refractivity contribution in [1.29, 1.82) is 0 Å². The van der Waals surface area contributed by atoms with Gasteiger partial charge in [-0.2, -0.15) is 0 Å². The lowest BCUT2D eigenvalue weighted by atomic mass is 9.97. The molecule has 1 rings (SSSR count). The third-order valence-corrected chi connectivity index (χ3v) is 3.36. The monoisotopic (exact) mass is 184 g/mol. The Morgan fingerprint density at radius 1 is 1.46 bits per heavy atom. The number of amides is 1. The van der Waals surface area contributed by atoms with Crippen LogP contribution in [0.2, 0.25) is 0 Å². The molecule has 4 atom stereocenters. The van der Waals surface area contributed by atoms with Gasteiger partial charge in [-0.3, -0.25) is 4.79 Å². The SMILES string of the molecule is CC(NC1CCC(C)C1C)C(N)=O. The van der Waals surface area contributed by atoms with Gasteiger partial charge in [0.25, 0.3) is 0 Å². The predicted octanol–water partition coefficient (Wildman–Crippen LogP) is 0.884. The number of rotatable bonds is 3. The van der Waals surface area contributed by atoms with Crippen molar-refractivity contribution >= 4 is 5.91 Å². The van der Waals surface area contributed by atoms with Crippen LogP contribution in [0.15, 0.2) is 0 Å². The minimum Gasteiger partial charge on any atom is -0.368 e. The fourth-order valence-corrected chi connectivity index (χ4v) is 2.00. The number of nitrogens with two attached hydrogens (primary N) is 1. The average molecular weight is 184 g/mol. The van der Waals surface area contributed by atoms with Crippen LogP contribution in [0.1, 0.15) is 33.6 Å². The van der Waals surface area contributed by atoms with Gasteiger partial charge in [0, 0.05) is 6.04 Å². The smallest absolute Gasteiger partial charge is 0.234 e. The summed E-state index contributed by atoms with van der Waals surface area (Å²) < 4.78 is 0. The number of hydrogen-bond donors (Lipinski definition) is 2. The lowest BCUT2D eigenvalue weighted by molar-refractivity contribution is -0.119.